The van der Waals surface area contributed by atoms with Gasteiger partial charge in [-0.25, -0.2) is 0 Å². The van der Waals surface area contributed by atoms with E-state index in [2.05, 4.69) is 15.9 Å². The third-order valence-electron chi connectivity index (χ3n) is 2.90. The maximum atomic E-state index is 11.6. The molecule has 0 fully saturated rings. The van der Waals surface area contributed by atoms with E-state index in [0.717, 1.165) is 34.6 Å². The molecule has 0 heterocycles. The molecule has 0 N–H and O–H groups in total. The van der Waals surface area contributed by atoms with Gasteiger partial charge < -0.3 is 23.7 Å². The van der Waals surface area contributed by atoms with E-state index in [1.54, 1.807) is 0 Å². The lowest BCUT2D eigenvalue weighted by atomic mass is 10.0. The van der Waals surface area contributed by atoms with E-state index in [9.17, 15) is 24.0 Å². The summed E-state index contributed by atoms with van der Waals surface area (Å²) in [5.74, 6) is -3.65. The van der Waals surface area contributed by atoms with Crippen LogP contribution in [0, 0.1) is 0 Å². The van der Waals surface area contributed by atoms with E-state index < -0.39 is 60.9 Å². The first-order valence-corrected chi connectivity index (χ1v) is 8.98. The zero-order valence-corrected chi connectivity index (χ0v) is 17.3. The van der Waals surface area contributed by atoms with Gasteiger partial charge >= 0.3 is 29.8 Å². The van der Waals surface area contributed by atoms with Crippen LogP contribution in [-0.4, -0.2) is 66.2 Å². The highest BCUT2D eigenvalue weighted by atomic mass is 79.9. The van der Waals surface area contributed by atoms with E-state index >= 15 is 0 Å². The Bertz CT molecular complexity index is 561. The lowest BCUT2D eigenvalue weighted by Gasteiger charge is -2.34. The van der Waals surface area contributed by atoms with Crippen LogP contribution in [0.25, 0.3) is 0 Å². The molecule has 0 aliphatic rings. The maximum Gasteiger partial charge on any atom is 0.303 e. The molecule has 0 unspecified atom stereocenters. The molecule has 11 heteroatoms. The molecule has 0 aliphatic heterocycles. The van der Waals surface area contributed by atoms with Crippen LogP contribution in [0.3, 0.4) is 0 Å². The molecule has 0 saturated heterocycles. The van der Waals surface area contributed by atoms with Crippen molar-refractivity contribution in [1.82, 2.24) is 0 Å². The molecule has 27 heavy (non-hydrogen) atoms. The number of esters is 5. The number of rotatable bonds is 10. The van der Waals surface area contributed by atoms with Gasteiger partial charge in [0.25, 0.3) is 0 Å². The molecule has 4 atom stereocenters. The Morgan fingerprint density at radius 1 is 0.630 bits per heavy atom. The van der Waals surface area contributed by atoms with Crippen LogP contribution < -0.4 is 0 Å². The average Bonchev–Trinajstić information content (AvgIpc) is 2.51. The summed E-state index contributed by atoms with van der Waals surface area (Å²) in [5.41, 5.74) is 0. The summed E-state index contributed by atoms with van der Waals surface area (Å²) in [4.78, 5) is 57.1. The molecule has 0 amide bonds. The summed E-state index contributed by atoms with van der Waals surface area (Å²) in [5, 5.41) is 0.0165. The van der Waals surface area contributed by atoms with Gasteiger partial charge in [0.15, 0.2) is 24.4 Å². The molecule has 0 aromatic rings. The number of ether oxygens (including phenoxy) is 5. The number of halogens is 1. The number of alkyl halides is 1. The zero-order chi connectivity index (χ0) is 21.1. The Hall–Kier alpha value is -2.17. The summed E-state index contributed by atoms with van der Waals surface area (Å²) >= 11 is 3.13. The normalized spacial score (nSPS) is 14.7. The molecular formula is C16H23BrO10. The molecule has 0 aromatic carbocycles. The Labute approximate surface area is 164 Å². The number of carbonyl (C=O) groups is 5. The first-order chi connectivity index (χ1) is 12.5. The fourth-order valence-electron chi connectivity index (χ4n) is 2.10. The molecule has 0 spiro atoms. The molecule has 0 bridgehead atoms. The Balaban J connectivity index is 5.96. The molecular weight excluding hydrogens is 432 g/mol. The smallest absolute Gasteiger partial charge is 0.303 e. The minimum atomic E-state index is -1.41. The van der Waals surface area contributed by atoms with Crippen molar-refractivity contribution in [3.8, 4) is 0 Å². The molecule has 0 radical (unpaired) electrons. The van der Waals surface area contributed by atoms with Crippen molar-refractivity contribution in [3.63, 3.8) is 0 Å². The summed E-state index contributed by atoms with van der Waals surface area (Å²) < 4.78 is 25.4. The van der Waals surface area contributed by atoms with E-state index in [0.29, 0.717) is 0 Å². The van der Waals surface area contributed by atoms with Gasteiger partial charge in [0.2, 0.25) is 0 Å². The minimum Gasteiger partial charge on any atom is -0.462 e. The topological polar surface area (TPSA) is 132 Å². The lowest BCUT2D eigenvalue weighted by Crippen LogP contribution is -2.53. The van der Waals surface area contributed by atoms with Crippen LogP contribution in [0.4, 0.5) is 0 Å². The van der Waals surface area contributed by atoms with Crippen LogP contribution in [-0.2, 0) is 47.7 Å². The largest absolute Gasteiger partial charge is 0.462 e. The van der Waals surface area contributed by atoms with Crippen LogP contribution in [0.5, 0.6) is 0 Å². The zero-order valence-electron chi connectivity index (χ0n) is 15.7. The van der Waals surface area contributed by atoms with Crippen molar-refractivity contribution in [2.45, 2.75) is 59.0 Å². The van der Waals surface area contributed by atoms with Gasteiger partial charge in [-0.05, 0) is 0 Å². The van der Waals surface area contributed by atoms with Crippen molar-refractivity contribution in [2.75, 3.05) is 11.9 Å². The Morgan fingerprint density at radius 3 is 1.33 bits per heavy atom. The monoisotopic (exact) mass is 454 g/mol. The van der Waals surface area contributed by atoms with Crippen molar-refractivity contribution in [2.24, 2.45) is 0 Å². The van der Waals surface area contributed by atoms with Gasteiger partial charge in [-0.15, -0.1) is 0 Å². The molecule has 0 aliphatic carbocycles. The number of hydrogen-bond acceptors (Lipinski definition) is 10. The second kappa shape index (κ2) is 12.3. The van der Waals surface area contributed by atoms with Crippen molar-refractivity contribution >= 4 is 45.8 Å². The highest BCUT2D eigenvalue weighted by Crippen LogP contribution is 2.21. The quantitative estimate of drug-likeness (QED) is 0.263. The molecule has 0 saturated carbocycles. The summed E-state index contributed by atoms with van der Waals surface area (Å²) in [7, 11) is 0. The first-order valence-electron chi connectivity index (χ1n) is 7.86. The fraction of sp³-hybridized carbons (Fsp3) is 0.688. The van der Waals surface area contributed by atoms with Crippen LogP contribution in [0.1, 0.15) is 34.6 Å². The summed E-state index contributed by atoms with van der Waals surface area (Å²) in [6, 6.07) is 0. The molecule has 0 rings (SSSR count). The van der Waals surface area contributed by atoms with Gasteiger partial charge in [0, 0.05) is 39.9 Å². The Kier molecular flexibility index (Phi) is 11.3. The second-order valence-electron chi connectivity index (χ2n) is 5.40. The number of hydrogen-bond donors (Lipinski definition) is 0. The fourth-order valence-corrected chi connectivity index (χ4v) is 2.60. The SMILES string of the molecule is CC(=O)OC[C@@H](OC(C)=O)[C@H](OC(C)=O)[C@H](OC(C)=O)[C@H](CBr)OC(C)=O. The highest BCUT2D eigenvalue weighted by molar-refractivity contribution is 9.09. The van der Waals surface area contributed by atoms with E-state index in [4.69, 9.17) is 23.7 Å². The Morgan fingerprint density at radius 2 is 1.00 bits per heavy atom. The van der Waals surface area contributed by atoms with Crippen molar-refractivity contribution in [3.05, 3.63) is 0 Å². The summed E-state index contributed by atoms with van der Waals surface area (Å²) in [6.07, 6.45) is -5.13. The second-order valence-corrected chi connectivity index (χ2v) is 6.05. The average molecular weight is 455 g/mol. The van der Waals surface area contributed by atoms with Crippen LogP contribution in [0.15, 0.2) is 0 Å². The summed E-state index contributed by atoms with van der Waals surface area (Å²) in [6.45, 7) is 5.09. The predicted octanol–water partition coefficient (Wildman–Crippen LogP) is 0.671. The van der Waals surface area contributed by atoms with Gasteiger partial charge in [0.1, 0.15) is 6.61 Å². The molecule has 10 nitrogen and oxygen atoms in total. The first kappa shape index (κ1) is 24.8. The number of carbonyl (C=O) groups excluding carboxylic acids is 5. The molecule has 0 aromatic heterocycles. The van der Waals surface area contributed by atoms with Crippen LogP contribution in [0.2, 0.25) is 0 Å². The third kappa shape index (κ3) is 10.5. The van der Waals surface area contributed by atoms with Gasteiger partial charge in [-0.2, -0.15) is 0 Å². The standard InChI is InChI=1S/C16H23BrO10/c1-8(18)23-7-14(25-10(3)20)16(27-12(5)22)15(26-11(4)21)13(6-17)24-9(2)19/h13-16H,6-7H2,1-5H3/t13-,14+,15+,16-/m0/s1. The van der Waals surface area contributed by atoms with E-state index in [1.165, 1.54) is 0 Å². The van der Waals surface area contributed by atoms with Gasteiger partial charge in [-0.3, -0.25) is 24.0 Å². The predicted molar refractivity (Wildman–Crippen MR) is 92.6 cm³/mol. The van der Waals surface area contributed by atoms with E-state index in [-0.39, 0.29) is 5.33 Å². The van der Waals surface area contributed by atoms with E-state index in [1.807, 2.05) is 0 Å². The lowest BCUT2D eigenvalue weighted by molar-refractivity contribution is -0.200. The van der Waals surface area contributed by atoms with Crippen molar-refractivity contribution in [1.29, 1.82) is 0 Å². The van der Waals surface area contributed by atoms with Gasteiger partial charge in [-0.1, -0.05) is 15.9 Å². The van der Waals surface area contributed by atoms with Crippen molar-refractivity contribution < 1.29 is 47.7 Å². The highest BCUT2D eigenvalue weighted by Gasteiger charge is 2.43. The third-order valence-corrected chi connectivity index (χ3v) is 3.54. The minimum absolute atomic E-state index is 0.0165. The molecule has 154 valence electrons. The van der Waals surface area contributed by atoms with Crippen LogP contribution >= 0.6 is 15.9 Å². The van der Waals surface area contributed by atoms with Gasteiger partial charge in [0.05, 0.1) is 0 Å². The maximum absolute atomic E-state index is 11.6.